The number of para-hydroxylation sites is 2. The van der Waals surface area contributed by atoms with Crippen LogP contribution in [0.4, 0.5) is 0 Å². The first-order valence-corrected chi connectivity index (χ1v) is 15.9. The summed E-state index contributed by atoms with van der Waals surface area (Å²) < 4.78 is 19.2. The first-order valence-electron chi connectivity index (χ1n) is 15.9. The summed E-state index contributed by atoms with van der Waals surface area (Å²) in [6.07, 6.45) is 0. The Hall–Kier alpha value is -6.32. The zero-order valence-electron chi connectivity index (χ0n) is 25.1. The second-order valence-electron chi connectivity index (χ2n) is 12.4. The van der Waals surface area contributed by atoms with E-state index in [0.717, 1.165) is 76.9 Å². The lowest BCUT2D eigenvalue weighted by Crippen LogP contribution is -1.90. The molecule has 0 unspecified atom stereocenters. The van der Waals surface area contributed by atoms with E-state index < -0.39 is 0 Å². The number of rotatable bonds is 2. The van der Waals surface area contributed by atoms with Crippen LogP contribution < -0.4 is 0 Å². The number of benzene rings is 8. The Morgan fingerprint density at radius 2 is 0.723 bits per heavy atom. The van der Waals surface area contributed by atoms with Crippen molar-refractivity contribution >= 4 is 87.4 Å². The van der Waals surface area contributed by atoms with Crippen LogP contribution in [0, 0.1) is 0 Å². The van der Waals surface area contributed by atoms with Gasteiger partial charge in [0.05, 0.1) is 5.39 Å². The molecule has 11 rings (SSSR count). The van der Waals surface area contributed by atoms with Gasteiger partial charge in [-0.25, -0.2) is 0 Å². The van der Waals surface area contributed by atoms with E-state index in [1.54, 1.807) is 0 Å². The van der Waals surface area contributed by atoms with Crippen LogP contribution in [0.3, 0.4) is 0 Å². The second kappa shape index (κ2) is 9.12. The topological polar surface area (TPSA) is 39.4 Å². The highest BCUT2D eigenvalue weighted by molar-refractivity contribution is 6.25. The molecule has 47 heavy (non-hydrogen) atoms. The molecular weight excluding hydrogens is 576 g/mol. The number of furan rings is 3. The van der Waals surface area contributed by atoms with Crippen LogP contribution in [0.25, 0.3) is 110 Å². The van der Waals surface area contributed by atoms with Crippen LogP contribution in [0.15, 0.2) is 159 Å². The molecule has 0 atom stereocenters. The average molecular weight is 601 g/mol. The van der Waals surface area contributed by atoms with Crippen molar-refractivity contribution in [1.29, 1.82) is 0 Å². The van der Waals surface area contributed by atoms with Crippen molar-refractivity contribution in [2.24, 2.45) is 0 Å². The third-order valence-corrected chi connectivity index (χ3v) is 9.87. The van der Waals surface area contributed by atoms with Crippen molar-refractivity contribution in [3.8, 4) is 22.3 Å². The lowest BCUT2D eigenvalue weighted by atomic mass is 9.85. The van der Waals surface area contributed by atoms with Crippen molar-refractivity contribution in [2.75, 3.05) is 0 Å². The average Bonchev–Trinajstić information content (AvgIpc) is 3.80. The molecule has 0 amide bonds. The molecule has 0 aliphatic heterocycles. The van der Waals surface area contributed by atoms with E-state index in [9.17, 15) is 0 Å². The van der Waals surface area contributed by atoms with Crippen LogP contribution in [0.2, 0.25) is 0 Å². The Labute approximate surface area is 267 Å². The molecule has 3 aromatic heterocycles. The van der Waals surface area contributed by atoms with Gasteiger partial charge in [-0.2, -0.15) is 0 Å². The van der Waals surface area contributed by atoms with Gasteiger partial charge in [0.25, 0.3) is 0 Å². The lowest BCUT2D eigenvalue weighted by Gasteiger charge is -2.17. The molecule has 0 saturated carbocycles. The Bertz CT molecular complexity index is 3020. The number of hydrogen-bond acceptors (Lipinski definition) is 3. The van der Waals surface area contributed by atoms with Crippen molar-refractivity contribution in [2.45, 2.75) is 0 Å². The molecule has 0 saturated heterocycles. The largest absolute Gasteiger partial charge is 0.456 e. The summed E-state index contributed by atoms with van der Waals surface area (Å²) in [5.74, 6) is 0. The SMILES string of the molecule is c1ccc2c(c1)oc1cc(-c3c4ccccc4c(-c4ccc5oc6ccc7c8ccccc8oc7c6c5c4)c4ccccc34)ccc12. The normalized spacial score (nSPS) is 12.3. The van der Waals surface area contributed by atoms with Gasteiger partial charge in [-0.3, -0.25) is 0 Å². The van der Waals surface area contributed by atoms with Gasteiger partial charge in [0, 0.05) is 26.9 Å². The molecule has 3 heterocycles. The van der Waals surface area contributed by atoms with Crippen molar-refractivity contribution < 1.29 is 13.3 Å². The molecule has 8 aromatic carbocycles. The standard InChI is InChI=1S/C44H24O3/c1-3-13-32-30(11-1)41(25-18-21-38-35(23-25)43-39(45-38)22-20-34-28-10-6-8-16-37(28)47-44(34)43)31-12-2-4-14-33(31)42(32)26-17-19-29-27-9-5-7-15-36(27)46-40(29)24-26/h1-24H. The molecule has 0 N–H and O–H groups in total. The molecule has 0 radical (unpaired) electrons. The minimum absolute atomic E-state index is 0.828. The summed E-state index contributed by atoms with van der Waals surface area (Å²) in [4.78, 5) is 0. The first-order chi connectivity index (χ1) is 23.3. The molecular formula is C44H24O3. The van der Waals surface area contributed by atoms with Crippen molar-refractivity contribution in [1.82, 2.24) is 0 Å². The molecule has 3 heteroatoms. The summed E-state index contributed by atoms with van der Waals surface area (Å²) >= 11 is 0. The van der Waals surface area contributed by atoms with Crippen LogP contribution in [0.1, 0.15) is 0 Å². The fraction of sp³-hybridized carbons (Fsp3) is 0. The van der Waals surface area contributed by atoms with E-state index >= 15 is 0 Å². The molecule has 0 aliphatic carbocycles. The smallest absolute Gasteiger partial charge is 0.147 e. The zero-order chi connectivity index (χ0) is 30.6. The Kier molecular flexibility index (Phi) is 4.84. The second-order valence-corrected chi connectivity index (χ2v) is 12.4. The van der Waals surface area contributed by atoms with E-state index in [1.165, 1.54) is 32.7 Å². The maximum Gasteiger partial charge on any atom is 0.147 e. The van der Waals surface area contributed by atoms with Crippen LogP contribution in [0.5, 0.6) is 0 Å². The van der Waals surface area contributed by atoms with Gasteiger partial charge in [-0.05, 0) is 92.3 Å². The maximum atomic E-state index is 6.46. The van der Waals surface area contributed by atoms with Gasteiger partial charge >= 0.3 is 0 Å². The molecule has 0 aliphatic rings. The minimum atomic E-state index is 0.828. The zero-order valence-corrected chi connectivity index (χ0v) is 25.1. The van der Waals surface area contributed by atoms with Gasteiger partial charge in [-0.1, -0.05) is 97.1 Å². The van der Waals surface area contributed by atoms with Crippen LogP contribution in [-0.2, 0) is 0 Å². The van der Waals surface area contributed by atoms with E-state index in [0.29, 0.717) is 0 Å². The van der Waals surface area contributed by atoms with Crippen molar-refractivity contribution in [3.63, 3.8) is 0 Å². The monoisotopic (exact) mass is 600 g/mol. The summed E-state index contributed by atoms with van der Waals surface area (Å²) in [5, 5.41) is 11.4. The highest BCUT2D eigenvalue weighted by Gasteiger charge is 2.20. The first kappa shape index (κ1) is 24.9. The fourth-order valence-electron chi connectivity index (χ4n) is 7.83. The minimum Gasteiger partial charge on any atom is -0.456 e. The van der Waals surface area contributed by atoms with Gasteiger partial charge in [0.1, 0.15) is 33.5 Å². The number of fused-ring (bicyclic) bond motifs is 12. The predicted octanol–water partition coefficient (Wildman–Crippen LogP) is 13.0. The predicted molar refractivity (Wildman–Crippen MR) is 194 cm³/mol. The lowest BCUT2D eigenvalue weighted by molar-refractivity contribution is 0.663. The Balaban J connectivity index is 1.21. The molecule has 218 valence electrons. The van der Waals surface area contributed by atoms with Gasteiger partial charge < -0.3 is 13.3 Å². The highest BCUT2D eigenvalue weighted by atomic mass is 16.3. The molecule has 3 nitrogen and oxygen atoms in total. The quantitative estimate of drug-likeness (QED) is 0.185. The fourth-order valence-corrected chi connectivity index (χ4v) is 7.83. The maximum absolute atomic E-state index is 6.46. The summed E-state index contributed by atoms with van der Waals surface area (Å²) in [6, 6.07) is 51.4. The summed E-state index contributed by atoms with van der Waals surface area (Å²) in [7, 11) is 0. The molecule has 0 spiro atoms. The van der Waals surface area contributed by atoms with Gasteiger partial charge in [0.15, 0.2) is 0 Å². The summed E-state index contributed by atoms with van der Waals surface area (Å²) in [6.45, 7) is 0. The highest BCUT2D eigenvalue weighted by Crippen LogP contribution is 2.46. The van der Waals surface area contributed by atoms with Gasteiger partial charge in [0.2, 0.25) is 0 Å². The van der Waals surface area contributed by atoms with E-state index in [4.69, 9.17) is 13.3 Å². The van der Waals surface area contributed by atoms with Crippen LogP contribution in [-0.4, -0.2) is 0 Å². The summed E-state index contributed by atoms with van der Waals surface area (Å²) in [5.41, 5.74) is 9.93. The molecule has 0 fully saturated rings. The van der Waals surface area contributed by atoms with E-state index in [2.05, 4.69) is 121 Å². The van der Waals surface area contributed by atoms with Crippen molar-refractivity contribution in [3.05, 3.63) is 146 Å². The van der Waals surface area contributed by atoms with E-state index in [1.807, 2.05) is 24.3 Å². The van der Waals surface area contributed by atoms with E-state index in [-0.39, 0.29) is 0 Å². The van der Waals surface area contributed by atoms with Gasteiger partial charge in [-0.15, -0.1) is 0 Å². The Morgan fingerprint density at radius 1 is 0.277 bits per heavy atom. The van der Waals surface area contributed by atoms with Crippen LogP contribution >= 0.6 is 0 Å². The third-order valence-electron chi connectivity index (χ3n) is 9.87. The third kappa shape index (κ3) is 3.40. The molecule has 11 aromatic rings. The number of hydrogen-bond donors (Lipinski definition) is 0. The molecule has 0 bridgehead atoms. The Morgan fingerprint density at radius 3 is 1.40 bits per heavy atom.